The number of carbonyl (C=O) groups excluding carboxylic acids is 6. The molecule has 6 amide bonds. The lowest BCUT2D eigenvalue weighted by Crippen LogP contribution is -2.35. The highest BCUT2D eigenvalue weighted by atomic mass is 32.1. The van der Waals surface area contributed by atoms with Crippen molar-refractivity contribution in [2.75, 3.05) is 136 Å². The van der Waals surface area contributed by atoms with Gasteiger partial charge in [-0.05, 0) is 50.0 Å². The molecule has 0 aliphatic carbocycles. The van der Waals surface area contributed by atoms with E-state index >= 15 is 0 Å². The molecule has 82 heavy (non-hydrogen) atoms. The lowest BCUT2D eigenvalue weighted by molar-refractivity contribution is -0.125. The number of hydrogen-bond donors (Lipinski definition) is 5. The number of thiocarbonyl (C=S) groups is 3. The Balaban J connectivity index is 0.000000177. The number of amides is 6. The minimum atomic E-state index is -0.867. The summed E-state index contributed by atoms with van der Waals surface area (Å²) in [5.41, 5.74) is -0.819. The summed E-state index contributed by atoms with van der Waals surface area (Å²) in [4.78, 5) is 79.0. The standard InChI is InChI=1S/C17H20F2N4O4S.2C16H18F2N4O4S/c1-2-3-26-16(28)20-6-11-7-23(17(25)27-11)10-4-12(18)15(13(19)5-10)22-8-14(24)21-9-22;1-20-8-21(7-13(20)23)14-11(17)3-9(4-12(14)18)22-6-10(26-16(22)24)5-19-15(27)25-2;1-2-25-15(27)19-5-10-6-22(16(24)26-10)9-3-11(17)14(12(18)4-9)21-7-13(23)20-8-21/h4-5,11H,2-3,6-9H2,1H3,(H,20,28)(H,21,24);3-4,10H,5-8H2,1-2H3,(H,19,27);3-4,10H,2,5-8H2,1H3,(H,19,27)(H,20,23). The Morgan fingerprint density at radius 2 is 0.915 bits per heavy atom. The van der Waals surface area contributed by atoms with Gasteiger partial charge in [-0.1, -0.05) is 6.92 Å². The van der Waals surface area contributed by atoms with E-state index in [1.807, 2.05) is 6.92 Å². The molecule has 6 aliphatic heterocycles. The third kappa shape index (κ3) is 15.3. The molecule has 444 valence electrons. The first-order valence-electron chi connectivity index (χ1n) is 25.1. The van der Waals surface area contributed by atoms with Crippen LogP contribution < -0.4 is 56.0 Å². The molecule has 6 aliphatic rings. The highest BCUT2D eigenvalue weighted by Crippen LogP contribution is 2.35. The number of nitrogens with one attached hydrogen (secondary N) is 5. The van der Waals surface area contributed by atoms with E-state index in [0.29, 0.717) is 13.2 Å². The molecule has 33 heteroatoms. The largest absolute Gasteiger partial charge is 0.474 e. The normalized spacial score (nSPS) is 19.2. The van der Waals surface area contributed by atoms with Crippen LogP contribution in [0.3, 0.4) is 0 Å². The van der Waals surface area contributed by atoms with Crippen molar-refractivity contribution in [2.45, 2.75) is 38.6 Å². The van der Waals surface area contributed by atoms with Crippen molar-refractivity contribution in [3.63, 3.8) is 0 Å². The van der Waals surface area contributed by atoms with Crippen molar-refractivity contribution < 1.29 is 83.5 Å². The van der Waals surface area contributed by atoms with Crippen LogP contribution in [0.4, 0.5) is 74.9 Å². The predicted molar refractivity (Wildman–Crippen MR) is 294 cm³/mol. The maximum Gasteiger partial charge on any atom is 0.414 e. The molecule has 6 fully saturated rings. The van der Waals surface area contributed by atoms with Crippen LogP contribution in [0, 0.1) is 34.9 Å². The summed E-state index contributed by atoms with van der Waals surface area (Å²) >= 11 is 14.8. The van der Waals surface area contributed by atoms with E-state index in [4.69, 9.17) is 65.1 Å². The fraction of sp³-hybridized carbons (Fsp3) is 0.449. The Kier molecular flexibility index (Phi) is 20.7. The van der Waals surface area contributed by atoms with Gasteiger partial charge in [-0.3, -0.25) is 29.1 Å². The summed E-state index contributed by atoms with van der Waals surface area (Å²) in [6, 6.07) is 6.29. The quantitative estimate of drug-likeness (QED) is 0.0830. The SMILES string of the molecule is CCCOC(=S)NCC1CN(c2cc(F)c(N3CNC(=O)C3)c(F)c2)C(=O)O1.CCOC(=S)NCC1CN(c2cc(F)c(N3CNC(=O)C3)c(F)c2)C(=O)O1.COC(=S)NCC1CN(c2cc(F)c(N3CC(=O)N(C)C3)c(F)c2)C(=O)O1. The fourth-order valence-corrected chi connectivity index (χ4v) is 9.16. The smallest absolute Gasteiger partial charge is 0.414 e. The third-order valence-corrected chi connectivity index (χ3v) is 13.4. The molecular weight excluding hydrogens is 1160 g/mol. The maximum atomic E-state index is 14.6. The minimum absolute atomic E-state index is 0.0191. The van der Waals surface area contributed by atoms with Gasteiger partial charge < -0.3 is 74.6 Å². The first kappa shape index (κ1) is 61.5. The van der Waals surface area contributed by atoms with E-state index < -0.39 is 71.5 Å². The Bertz CT molecular complexity index is 2910. The molecule has 9 rings (SSSR count). The predicted octanol–water partition coefficient (Wildman–Crippen LogP) is 3.63. The number of nitrogens with zero attached hydrogens (tertiary/aromatic N) is 7. The van der Waals surface area contributed by atoms with Gasteiger partial charge in [-0.15, -0.1) is 0 Å². The lowest BCUT2D eigenvalue weighted by Gasteiger charge is -2.21. The highest BCUT2D eigenvalue weighted by Gasteiger charge is 2.38. The number of benzene rings is 3. The lowest BCUT2D eigenvalue weighted by atomic mass is 10.2. The Hall–Kier alpha value is -8.07. The molecular formula is C49H56F6N12O12S3. The molecule has 3 aromatic rings. The second kappa shape index (κ2) is 27.6. The summed E-state index contributed by atoms with van der Waals surface area (Å²) in [7, 11) is 2.96. The highest BCUT2D eigenvalue weighted by molar-refractivity contribution is 7.80. The summed E-state index contributed by atoms with van der Waals surface area (Å²) < 4.78 is 118. The third-order valence-electron chi connectivity index (χ3n) is 12.6. The van der Waals surface area contributed by atoms with Crippen molar-refractivity contribution in [1.82, 2.24) is 31.5 Å². The van der Waals surface area contributed by atoms with Crippen LogP contribution in [-0.4, -0.2) is 181 Å². The second-order valence-electron chi connectivity index (χ2n) is 18.5. The van der Waals surface area contributed by atoms with Crippen LogP contribution in [0.25, 0.3) is 0 Å². The number of likely N-dealkylation sites (N-methyl/N-ethyl adjacent to an activating group) is 1. The number of ether oxygens (including phenoxy) is 6. The van der Waals surface area contributed by atoms with Gasteiger partial charge in [-0.2, -0.15) is 0 Å². The molecule has 0 radical (unpaired) electrons. The summed E-state index contributed by atoms with van der Waals surface area (Å²) in [5.74, 6) is -6.05. The Labute approximate surface area is 481 Å². The van der Waals surface area contributed by atoms with Crippen molar-refractivity contribution >= 4 is 122 Å². The first-order valence-corrected chi connectivity index (χ1v) is 26.4. The van der Waals surface area contributed by atoms with Gasteiger partial charge in [0.25, 0.3) is 15.5 Å². The number of hydrogen-bond acceptors (Lipinski definition) is 18. The van der Waals surface area contributed by atoms with Gasteiger partial charge in [0.05, 0.1) is 116 Å². The van der Waals surface area contributed by atoms with Crippen LogP contribution in [-0.2, 0) is 42.8 Å². The first-order chi connectivity index (χ1) is 39.1. The number of carbonyl (C=O) groups is 6. The average molecular weight is 1220 g/mol. The van der Waals surface area contributed by atoms with Crippen LogP contribution in [0.2, 0.25) is 0 Å². The van der Waals surface area contributed by atoms with Crippen molar-refractivity contribution in [3.05, 3.63) is 71.3 Å². The second-order valence-corrected chi connectivity index (χ2v) is 19.6. The van der Waals surface area contributed by atoms with Gasteiger partial charge in [0.2, 0.25) is 17.7 Å². The zero-order chi connectivity index (χ0) is 59.5. The van der Waals surface area contributed by atoms with Crippen molar-refractivity contribution in [3.8, 4) is 0 Å². The van der Waals surface area contributed by atoms with Crippen molar-refractivity contribution in [1.29, 1.82) is 0 Å². The maximum absolute atomic E-state index is 14.6. The van der Waals surface area contributed by atoms with Crippen LogP contribution in [0.15, 0.2) is 36.4 Å². The summed E-state index contributed by atoms with van der Waals surface area (Å²) in [6.07, 6.45) is -2.99. The Morgan fingerprint density at radius 3 is 1.22 bits per heavy atom. The fourth-order valence-electron chi connectivity index (χ4n) is 8.71. The number of rotatable bonds is 15. The summed E-state index contributed by atoms with van der Waals surface area (Å²) in [5, 5.41) is 13.9. The van der Waals surface area contributed by atoms with E-state index in [0.717, 1.165) is 57.5 Å². The topological polar surface area (TPSA) is 241 Å². The molecule has 6 heterocycles. The molecule has 6 saturated heterocycles. The van der Waals surface area contributed by atoms with Gasteiger partial charge in [-0.25, -0.2) is 40.7 Å². The molecule has 3 atom stereocenters. The molecule has 24 nitrogen and oxygen atoms in total. The van der Waals surface area contributed by atoms with E-state index in [9.17, 15) is 55.1 Å². The van der Waals surface area contributed by atoms with Crippen LogP contribution >= 0.6 is 36.7 Å². The monoisotopic (exact) mass is 1210 g/mol. The van der Waals surface area contributed by atoms with Crippen LogP contribution in [0.1, 0.15) is 20.3 Å². The molecule has 3 unspecified atom stereocenters. The van der Waals surface area contributed by atoms with E-state index in [-0.39, 0.29) is 146 Å². The zero-order valence-electron chi connectivity index (χ0n) is 44.3. The van der Waals surface area contributed by atoms with Crippen molar-refractivity contribution in [2.24, 2.45) is 0 Å². The van der Waals surface area contributed by atoms with Gasteiger partial charge in [0, 0.05) is 43.4 Å². The van der Waals surface area contributed by atoms with E-state index in [1.54, 1.807) is 14.0 Å². The van der Waals surface area contributed by atoms with Crippen LogP contribution in [0.5, 0.6) is 0 Å². The number of anilines is 6. The van der Waals surface area contributed by atoms with Gasteiger partial charge in [0.1, 0.15) is 35.4 Å². The molecule has 0 saturated carbocycles. The van der Waals surface area contributed by atoms with Gasteiger partial charge in [0.15, 0.2) is 34.9 Å². The zero-order valence-corrected chi connectivity index (χ0v) is 46.8. The van der Waals surface area contributed by atoms with E-state index in [1.165, 1.54) is 26.7 Å². The average Bonchev–Trinajstić information content (AvgIpc) is 4.13. The minimum Gasteiger partial charge on any atom is -0.474 e. The van der Waals surface area contributed by atoms with E-state index in [2.05, 4.69) is 26.6 Å². The molecule has 0 bridgehead atoms. The summed E-state index contributed by atoms with van der Waals surface area (Å²) in [6.45, 7) is 5.31. The molecule has 0 spiro atoms. The van der Waals surface area contributed by atoms with Gasteiger partial charge >= 0.3 is 18.3 Å². The number of cyclic esters (lactones) is 3. The molecule has 5 N–H and O–H groups in total. The molecule has 0 aromatic heterocycles. The Morgan fingerprint density at radius 1 is 0.561 bits per heavy atom. The molecule has 3 aromatic carbocycles. The number of halogens is 6. The number of methoxy groups -OCH3 is 1.